The Morgan fingerprint density at radius 3 is 1.68 bits per heavy atom. The van der Waals surface area contributed by atoms with E-state index in [1.54, 1.807) is 24.3 Å². The zero-order chi connectivity index (χ0) is 22.7. The minimum atomic E-state index is -5.52. The van der Waals surface area contributed by atoms with Gasteiger partial charge >= 0.3 is 20.3 Å². The maximum Gasteiger partial charge on any atom is 0.381 e. The summed E-state index contributed by atoms with van der Waals surface area (Å²) < 4.78 is 35.5. The van der Waals surface area contributed by atoms with Gasteiger partial charge in [0.2, 0.25) is 0 Å². The summed E-state index contributed by atoms with van der Waals surface area (Å²) in [6, 6.07) is 19.4. The van der Waals surface area contributed by atoms with Crippen molar-refractivity contribution in [3.63, 3.8) is 0 Å². The van der Waals surface area contributed by atoms with Gasteiger partial charge in [0.1, 0.15) is 23.0 Å². The SMILES string of the molecule is O=P(O)(O)C(Cc1ccc(Oc2ccccc2)cc1)(Oc1ccc(O)cc1)P(=O)(O)O. The van der Waals surface area contributed by atoms with Gasteiger partial charge in [-0.3, -0.25) is 9.13 Å². The maximum absolute atomic E-state index is 12.3. The van der Waals surface area contributed by atoms with Gasteiger partial charge in [-0.1, -0.05) is 30.3 Å². The van der Waals surface area contributed by atoms with Crippen LogP contribution >= 0.6 is 15.2 Å². The number of rotatable bonds is 8. The van der Waals surface area contributed by atoms with Crippen molar-refractivity contribution in [2.75, 3.05) is 0 Å². The Morgan fingerprint density at radius 1 is 0.677 bits per heavy atom. The first-order valence-corrected chi connectivity index (χ1v) is 12.1. The van der Waals surface area contributed by atoms with E-state index < -0.39 is 26.7 Å². The third-order valence-electron chi connectivity index (χ3n) is 4.37. The molecule has 3 aromatic carbocycles. The van der Waals surface area contributed by atoms with Crippen LogP contribution in [0.1, 0.15) is 5.56 Å². The lowest BCUT2D eigenvalue weighted by Crippen LogP contribution is -2.38. The molecule has 0 saturated heterocycles. The van der Waals surface area contributed by atoms with E-state index >= 15 is 0 Å². The smallest absolute Gasteiger partial charge is 0.381 e. The highest BCUT2D eigenvalue weighted by molar-refractivity contribution is 7.72. The lowest BCUT2D eigenvalue weighted by Gasteiger charge is -2.35. The van der Waals surface area contributed by atoms with Crippen LogP contribution in [0.3, 0.4) is 0 Å². The molecule has 5 N–H and O–H groups in total. The van der Waals surface area contributed by atoms with E-state index in [0.29, 0.717) is 11.5 Å². The van der Waals surface area contributed by atoms with E-state index in [1.165, 1.54) is 24.3 Å². The van der Waals surface area contributed by atoms with Crippen LogP contribution in [-0.2, 0) is 15.6 Å². The van der Waals surface area contributed by atoms with Gasteiger partial charge in [-0.25, -0.2) is 0 Å². The Kier molecular flexibility index (Phi) is 6.57. The third kappa shape index (κ3) is 5.35. The molecule has 0 aliphatic carbocycles. The summed E-state index contributed by atoms with van der Waals surface area (Å²) in [7, 11) is -11.0. The quantitative estimate of drug-likeness (QED) is 0.312. The number of hydrogen-bond acceptors (Lipinski definition) is 5. The molecule has 3 aromatic rings. The van der Waals surface area contributed by atoms with Gasteiger partial charge in [-0.05, 0) is 54.1 Å². The van der Waals surface area contributed by atoms with Crippen molar-refractivity contribution in [2.24, 2.45) is 0 Å². The highest BCUT2D eigenvalue weighted by Gasteiger charge is 2.63. The zero-order valence-corrected chi connectivity index (χ0v) is 17.8. The number of hydrogen-bond donors (Lipinski definition) is 5. The molecule has 0 radical (unpaired) electrons. The summed E-state index contributed by atoms with van der Waals surface area (Å²) >= 11 is 0. The van der Waals surface area contributed by atoms with E-state index in [2.05, 4.69) is 0 Å². The summed E-state index contributed by atoms with van der Waals surface area (Å²) in [4.78, 5) is 39.6. The normalized spacial score (nSPS) is 12.4. The van der Waals surface area contributed by atoms with Gasteiger partial charge in [-0.2, -0.15) is 0 Å². The van der Waals surface area contributed by atoms with Gasteiger partial charge in [0.25, 0.3) is 0 Å². The molecule has 3 rings (SSSR count). The first-order chi connectivity index (χ1) is 14.5. The number of benzene rings is 3. The van der Waals surface area contributed by atoms with E-state index in [4.69, 9.17) is 9.47 Å². The Balaban J connectivity index is 1.93. The average molecular weight is 466 g/mol. The maximum atomic E-state index is 12.3. The van der Waals surface area contributed by atoms with Crippen LogP contribution in [0.5, 0.6) is 23.0 Å². The molecule has 164 valence electrons. The lowest BCUT2D eigenvalue weighted by atomic mass is 10.1. The van der Waals surface area contributed by atoms with Gasteiger partial charge in [0.15, 0.2) is 0 Å². The van der Waals surface area contributed by atoms with Crippen molar-refractivity contribution in [2.45, 2.75) is 11.5 Å². The molecule has 31 heavy (non-hydrogen) atoms. The summed E-state index contributed by atoms with van der Waals surface area (Å²) in [5, 5.41) is 6.21. The summed E-state index contributed by atoms with van der Waals surface area (Å²) in [5.74, 6) is 0.617. The summed E-state index contributed by atoms with van der Waals surface area (Å²) in [6.45, 7) is 0. The molecule has 9 nitrogen and oxygen atoms in total. The van der Waals surface area contributed by atoms with E-state index in [0.717, 1.165) is 24.3 Å². The number of ether oxygens (including phenoxy) is 2. The van der Waals surface area contributed by atoms with Gasteiger partial charge < -0.3 is 34.2 Å². The highest BCUT2D eigenvalue weighted by atomic mass is 31.2. The number of para-hydroxylation sites is 1. The number of phenols is 1. The predicted molar refractivity (Wildman–Crippen MR) is 112 cm³/mol. The third-order valence-corrected chi connectivity index (χ3v) is 8.25. The fourth-order valence-corrected chi connectivity index (χ4v) is 5.38. The predicted octanol–water partition coefficient (Wildman–Crippen LogP) is 3.82. The molecule has 0 fully saturated rings. The molecule has 0 bridgehead atoms. The summed E-state index contributed by atoms with van der Waals surface area (Å²) in [5.41, 5.74) is 0.200. The van der Waals surface area contributed by atoms with Crippen LogP contribution in [0, 0.1) is 0 Å². The fraction of sp³-hybridized carbons (Fsp3) is 0.100. The van der Waals surface area contributed by atoms with Gasteiger partial charge in [0.05, 0.1) is 0 Å². The van der Waals surface area contributed by atoms with Crippen molar-refractivity contribution < 1.29 is 43.3 Å². The van der Waals surface area contributed by atoms with Crippen LogP contribution in [-0.4, -0.2) is 29.8 Å². The average Bonchev–Trinajstić information content (AvgIpc) is 2.69. The Labute approximate surface area is 177 Å². The molecule has 0 unspecified atom stereocenters. The fourth-order valence-electron chi connectivity index (χ4n) is 2.80. The van der Waals surface area contributed by atoms with Crippen LogP contribution in [0.25, 0.3) is 0 Å². The van der Waals surface area contributed by atoms with Gasteiger partial charge in [-0.15, -0.1) is 0 Å². The van der Waals surface area contributed by atoms with E-state index in [1.807, 2.05) is 6.07 Å². The molecule has 0 spiro atoms. The van der Waals surface area contributed by atoms with Gasteiger partial charge in [0, 0.05) is 6.42 Å². The highest BCUT2D eigenvalue weighted by Crippen LogP contribution is 2.70. The lowest BCUT2D eigenvalue weighted by molar-refractivity contribution is 0.152. The van der Waals surface area contributed by atoms with Crippen LogP contribution in [0.4, 0.5) is 0 Å². The summed E-state index contributed by atoms with van der Waals surface area (Å²) in [6.07, 6.45) is -0.784. The second-order valence-corrected chi connectivity index (χ2v) is 10.6. The molecule has 0 amide bonds. The topological polar surface area (TPSA) is 154 Å². The molecule has 0 aliphatic rings. The molecular formula is C20H20O9P2. The molecule has 0 aromatic heterocycles. The van der Waals surface area contributed by atoms with Crippen molar-refractivity contribution in [3.05, 3.63) is 84.4 Å². The van der Waals surface area contributed by atoms with E-state index in [-0.39, 0.29) is 17.1 Å². The van der Waals surface area contributed by atoms with Crippen LogP contribution < -0.4 is 9.47 Å². The molecule has 0 saturated carbocycles. The monoisotopic (exact) mass is 466 g/mol. The van der Waals surface area contributed by atoms with Crippen molar-refractivity contribution in [1.29, 1.82) is 0 Å². The first-order valence-electron chi connectivity index (χ1n) is 8.91. The van der Waals surface area contributed by atoms with Crippen molar-refractivity contribution >= 4 is 15.2 Å². The van der Waals surface area contributed by atoms with Crippen LogP contribution in [0.2, 0.25) is 0 Å². The molecule has 0 aliphatic heterocycles. The van der Waals surface area contributed by atoms with Crippen molar-refractivity contribution in [1.82, 2.24) is 0 Å². The molecular weight excluding hydrogens is 446 g/mol. The minimum Gasteiger partial charge on any atom is -0.508 e. The zero-order valence-electron chi connectivity index (χ0n) is 16.0. The largest absolute Gasteiger partial charge is 0.508 e. The first kappa shape index (κ1) is 23.0. The second kappa shape index (κ2) is 8.85. The second-order valence-electron chi connectivity index (χ2n) is 6.66. The standard InChI is InChI=1S/C20H20O9P2/c21-16-8-12-19(13-9-16)29-20(30(22,23)24,31(25,26)27)14-15-6-10-18(11-7-15)28-17-4-2-1-3-5-17/h1-13,21H,14H2,(H2,22,23,24)(H2,25,26,27). The molecule has 11 heteroatoms. The van der Waals surface area contributed by atoms with Crippen LogP contribution in [0.15, 0.2) is 78.9 Å². The van der Waals surface area contributed by atoms with E-state index in [9.17, 15) is 33.8 Å². The Morgan fingerprint density at radius 2 is 1.16 bits per heavy atom. The molecule has 0 heterocycles. The minimum absolute atomic E-state index is 0.153. The number of phenolic OH excluding ortho intramolecular Hbond substituents is 1. The van der Waals surface area contributed by atoms with Crippen molar-refractivity contribution in [3.8, 4) is 23.0 Å². The number of aromatic hydroxyl groups is 1. The Hall–Kier alpha value is -2.64. The molecule has 0 atom stereocenters. The Bertz CT molecular complexity index is 1080.